The summed E-state index contributed by atoms with van der Waals surface area (Å²) in [5.41, 5.74) is 1.63. The number of rotatable bonds is 5. The predicted octanol–water partition coefficient (Wildman–Crippen LogP) is 0.819. The summed E-state index contributed by atoms with van der Waals surface area (Å²) in [6.07, 6.45) is 4.82. The maximum atomic E-state index is 11.2. The lowest BCUT2D eigenvalue weighted by atomic mass is 10.2. The molecule has 0 saturated carbocycles. The highest BCUT2D eigenvalue weighted by atomic mass is 16.6. The average Bonchev–Trinajstić information content (AvgIpc) is 2.79. The Morgan fingerprint density at radius 3 is 2.79 bits per heavy atom. The quantitative estimate of drug-likeness (QED) is 0.742. The molecule has 0 saturated heterocycles. The van der Waals surface area contributed by atoms with Crippen LogP contribution in [0.4, 0.5) is 0 Å². The van der Waals surface area contributed by atoms with Crippen LogP contribution in [0.2, 0.25) is 0 Å². The molecular weight excluding hydrogens is 248 g/mol. The molecule has 19 heavy (non-hydrogen) atoms. The molecule has 2 aromatic rings. The summed E-state index contributed by atoms with van der Waals surface area (Å²) in [5, 5.41) is 4.15. The minimum Gasteiger partial charge on any atom is -0.465 e. The van der Waals surface area contributed by atoms with Gasteiger partial charge in [0.25, 0.3) is 0 Å². The fourth-order valence-corrected chi connectivity index (χ4v) is 1.55. The van der Waals surface area contributed by atoms with E-state index in [9.17, 15) is 4.79 Å². The van der Waals surface area contributed by atoms with Gasteiger partial charge in [0.15, 0.2) is 6.61 Å². The Balaban J connectivity index is 2.07. The first-order chi connectivity index (χ1) is 9.20. The Kier molecular flexibility index (Phi) is 4.07. The molecule has 0 fully saturated rings. The third kappa shape index (κ3) is 3.27. The topological polar surface area (TPSA) is 79.1 Å². The number of aromatic nitrogens is 4. The molecule has 0 unspecified atom stereocenters. The van der Waals surface area contributed by atoms with Gasteiger partial charge < -0.3 is 9.47 Å². The van der Waals surface area contributed by atoms with Crippen LogP contribution in [0.15, 0.2) is 24.8 Å². The van der Waals surface area contributed by atoms with E-state index in [2.05, 4.69) is 15.1 Å². The highest BCUT2D eigenvalue weighted by molar-refractivity contribution is 5.71. The number of ether oxygens (including phenoxy) is 2. The summed E-state index contributed by atoms with van der Waals surface area (Å²) in [7, 11) is 1.78. The first-order valence-corrected chi connectivity index (χ1v) is 5.78. The van der Waals surface area contributed by atoms with E-state index in [1.807, 2.05) is 0 Å². The van der Waals surface area contributed by atoms with E-state index < -0.39 is 5.97 Å². The second kappa shape index (κ2) is 5.94. The van der Waals surface area contributed by atoms with Crippen molar-refractivity contribution in [2.24, 2.45) is 7.05 Å². The fraction of sp³-hybridized carbons (Fsp3) is 0.333. The van der Waals surface area contributed by atoms with Crippen LogP contribution in [0, 0.1) is 0 Å². The normalized spacial score (nSPS) is 10.2. The number of hydrogen-bond acceptors (Lipinski definition) is 6. The molecule has 0 N–H and O–H groups in total. The summed E-state index contributed by atoms with van der Waals surface area (Å²) < 4.78 is 11.7. The summed E-state index contributed by atoms with van der Waals surface area (Å²) in [6, 6.07) is 1.72. The van der Waals surface area contributed by atoms with Gasteiger partial charge in [-0.15, -0.1) is 5.10 Å². The van der Waals surface area contributed by atoms with Gasteiger partial charge in [0, 0.05) is 31.1 Å². The zero-order chi connectivity index (χ0) is 13.7. The molecule has 7 heteroatoms. The second-order valence-corrected chi connectivity index (χ2v) is 3.71. The van der Waals surface area contributed by atoms with Gasteiger partial charge in [0.05, 0.1) is 12.3 Å². The predicted molar refractivity (Wildman–Crippen MR) is 66.4 cm³/mol. The van der Waals surface area contributed by atoms with E-state index in [0.717, 1.165) is 11.3 Å². The van der Waals surface area contributed by atoms with Gasteiger partial charge in [-0.2, -0.15) is 0 Å². The molecule has 0 aliphatic carbocycles. The summed E-state index contributed by atoms with van der Waals surface area (Å²) in [4.78, 5) is 19.1. The minimum atomic E-state index is -0.419. The van der Waals surface area contributed by atoms with Gasteiger partial charge in [0.1, 0.15) is 6.33 Å². The van der Waals surface area contributed by atoms with Crippen molar-refractivity contribution in [3.63, 3.8) is 0 Å². The molecule has 0 amide bonds. The van der Waals surface area contributed by atoms with Crippen LogP contribution in [-0.2, 0) is 16.6 Å². The summed E-state index contributed by atoms with van der Waals surface area (Å²) in [6.45, 7) is 1.92. The van der Waals surface area contributed by atoms with Gasteiger partial charge in [0.2, 0.25) is 5.88 Å². The zero-order valence-corrected chi connectivity index (χ0v) is 10.7. The zero-order valence-electron chi connectivity index (χ0n) is 10.7. The fourth-order valence-electron chi connectivity index (χ4n) is 1.55. The Morgan fingerprint density at radius 2 is 2.11 bits per heavy atom. The van der Waals surface area contributed by atoms with Gasteiger partial charge in [-0.3, -0.25) is 4.68 Å². The first kappa shape index (κ1) is 13.0. The van der Waals surface area contributed by atoms with E-state index in [1.54, 1.807) is 37.1 Å². The third-order valence-corrected chi connectivity index (χ3v) is 2.36. The lowest BCUT2D eigenvalue weighted by Gasteiger charge is -2.01. The maximum absolute atomic E-state index is 11.2. The van der Waals surface area contributed by atoms with Crippen LogP contribution in [0.1, 0.15) is 6.92 Å². The molecule has 0 radical (unpaired) electrons. The molecule has 2 aromatic heterocycles. The average molecular weight is 262 g/mol. The number of hydrogen-bond donors (Lipinski definition) is 0. The Hall–Kier alpha value is -2.44. The number of carbonyl (C=O) groups excluding carboxylic acids is 1. The standard InChI is InChI=1S/C12H14N4O3/c1-3-18-12(17)7-19-11-4-10(16(2)15-11)9-5-13-8-14-6-9/h4-6,8H,3,7H2,1-2H3. The Bertz CT molecular complexity index is 553. The van der Waals surface area contributed by atoms with Crippen molar-refractivity contribution in [3.8, 4) is 17.1 Å². The number of nitrogens with zero attached hydrogens (tertiary/aromatic N) is 4. The molecule has 0 bridgehead atoms. The number of esters is 1. The smallest absolute Gasteiger partial charge is 0.344 e. The van der Waals surface area contributed by atoms with Crippen LogP contribution < -0.4 is 4.74 Å². The van der Waals surface area contributed by atoms with Crippen LogP contribution in [0.25, 0.3) is 11.3 Å². The number of aryl methyl sites for hydroxylation is 1. The SMILES string of the molecule is CCOC(=O)COc1cc(-c2cncnc2)n(C)n1. The number of carbonyl (C=O) groups is 1. The van der Waals surface area contributed by atoms with E-state index >= 15 is 0 Å². The highest BCUT2D eigenvalue weighted by Crippen LogP contribution is 2.21. The van der Waals surface area contributed by atoms with Crippen molar-refractivity contribution in [1.29, 1.82) is 0 Å². The van der Waals surface area contributed by atoms with Crippen molar-refractivity contribution < 1.29 is 14.3 Å². The molecule has 0 aliphatic heterocycles. The lowest BCUT2D eigenvalue weighted by Crippen LogP contribution is -2.14. The van der Waals surface area contributed by atoms with Crippen molar-refractivity contribution in [2.45, 2.75) is 6.92 Å². The molecule has 2 rings (SSSR count). The second-order valence-electron chi connectivity index (χ2n) is 3.71. The molecule has 0 aliphatic rings. The van der Waals surface area contributed by atoms with Crippen LogP contribution in [0.5, 0.6) is 5.88 Å². The van der Waals surface area contributed by atoms with Crippen molar-refractivity contribution >= 4 is 5.97 Å². The van der Waals surface area contributed by atoms with E-state index in [1.165, 1.54) is 6.33 Å². The van der Waals surface area contributed by atoms with Crippen LogP contribution in [0.3, 0.4) is 0 Å². The van der Waals surface area contributed by atoms with Gasteiger partial charge in [-0.1, -0.05) is 0 Å². The molecule has 0 atom stereocenters. The van der Waals surface area contributed by atoms with E-state index in [-0.39, 0.29) is 6.61 Å². The molecule has 0 spiro atoms. The Morgan fingerprint density at radius 1 is 1.37 bits per heavy atom. The molecular formula is C12H14N4O3. The summed E-state index contributed by atoms with van der Waals surface area (Å²) in [5.74, 6) is -0.0628. The summed E-state index contributed by atoms with van der Waals surface area (Å²) >= 11 is 0. The lowest BCUT2D eigenvalue weighted by molar-refractivity contribution is -0.145. The van der Waals surface area contributed by atoms with Gasteiger partial charge in [-0.05, 0) is 6.92 Å². The largest absolute Gasteiger partial charge is 0.465 e. The monoisotopic (exact) mass is 262 g/mol. The third-order valence-electron chi connectivity index (χ3n) is 2.36. The van der Waals surface area contributed by atoms with Gasteiger partial charge >= 0.3 is 5.97 Å². The highest BCUT2D eigenvalue weighted by Gasteiger charge is 2.10. The van der Waals surface area contributed by atoms with Crippen LogP contribution >= 0.6 is 0 Å². The van der Waals surface area contributed by atoms with E-state index in [4.69, 9.17) is 9.47 Å². The molecule has 0 aromatic carbocycles. The maximum Gasteiger partial charge on any atom is 0.344 e. The molecule has 100 valence electrons. The minimum absolute atomic E-state index is 0.157. The van der Waals surface area contributed by atoms with Gasteiger partial charge in [-0.25, -0.2) is 14.8 Å². The van der Waals surface area contributed by atoms with Crippen molar-refractivity contribution in [3.05, 3.63) is 24.8 Å². The molecule has 2 heterocycles. The Labute approximate surface area is 110 Å². The van der Waals surface area contributed by atoms with Crippen LogP contribution in [-0.4, -0.2) is 38.9 Å². The molecule has 7 nitrogen and oxygen atoms in total. The van der Waals surface area contributed by atoms with Crippen molar-refractivity contribution in [2.75, 3.05) is 13.2 Å². The van der Waals surface area contributed by atoms with E-state index in [0.29, 0.717) is 12.5 Å². The van der Waals surface area contributed by atoms with Crippen molar-refractivity contribution in [1.82, 2.24) is 19.7 Å². The first-order valence-electron chi connectivity index (χ1n) is 5.78.